The molecule has 0 aliphatic carbocycles. The number of hydrogen-bond donors (Lipinski definition) is 0. The third kappa shape index (κ3) is 4.31. The van der Waals surface area contributed by atoms with Crippen LogP contribution in [0.15, 0.2) is 70.6 Å². The molecule has 3 aromatic carbocycles. The van der Waals surface area contributed by atoms with E-state index in [9.17, 15) is 9.18 Å². The van der Waals surface area contributed by atoms with Gasteiger partial charge in [-0.2, -0.15) is 0 Å². The second-order valence-electron chi connectivity index (χ2n) is 7.57. The predicted octanol–water partition coefficient (Wildman–Crippen LogP) is 4.75. The number of ether oxygens (including phenoxy) is 3. The molecule has 0 saturated heterocycles. The highest BCUT2D eigenvalue weighted by Gasteiger charge is 2.19. The van der Waals surface area contributed by atoms with Gasteiger partial charge < -0.3 is 14.2 Å². The molecular formula is C25H21FN2O4S. The Morgan fingerprint density at radius 2 is 1.94 bits per heavy atom. The van der Waals surface area contributed by atoms with Crippen molar-refractivity contribution in [2.75, 3.05) is 13.9 Å². The number of aromatic nitrogens is 2. The zero-order valence-corrected chi connectivity index (χ0v) is 18.7. The Kier molecular flexibility index (Phi) is 6.02. The van der Waals surface area contributed by atoms with Gasteiger partial charge in [0.25, 0.3) is 5.56 Å². The highest BCUT2D eigenvalue weighted by atomic mass is 32.2. The van der Waals surface area contributed by atoms with Gasteiger partial charge in [-0.25, -0.2) is 9.37 Å². The van der Waals surface area contributed by atoms with Crippen LogP contribution >= 0.6 is 11.8 Å². The lowest BCUT2D eigenvalue weighted by atomic mass is 10.1. The van der Waals surface area contributed by atoms with E-state index in [2.05, 4.69) is 0 Å². The van der Waals surface area contributed by atoms with E-state index >= 15 is 0 Å². The lowest BCUT2D eigenvalue weighted by Gasteiger charge is -2.21. The van der Waals surface area contributed by atoms with E-state index in [0.717, 1.165) is 5.56 Å². The first-order valence-electron chi connectivity index (χ1n) is 10.4. The largest absolute Gasteiger partial charge is 0.496 e. The van der Waals surface area contributed by atoms with Crippen molar-refractivity contribution in [3.05, 3.63) is 93.5 Å². The molecule has 0 N–H and O–H groups in total. The Balaban J connectivity index is 1.56. The van der Waals surface area contributed by atoms with Gasteiger partial charge in [-0.15, -0.1) is 0 Å². The zero-order valence-electron chi connectivity index (χ0n) is 17.9. The summed E-state index contributed by atoms with van der Waals surface area (Å²) in [6.45, 7) is 0.731. The summed E-state index contributed by atoms with van der Waals surface area (Å²) < 4.78 is 32.2. The van der Waals surface area contributed by atoms with Gasteiger partial charge in [-0.3, -0.25) is 9.36 Å². The highest BCUT2D eigenvalue weighted by Crippen LogP contribution is 2.34. The van der Waals surface area contributed by atoms with Crippen molar-refractivity contribution in [2.24, 2.45) is 0 Å². The molecule has 4 aromatic rings. The van der Waals surface area contributed by atoms with Crippen LogP contribution in [0.3, 0.4) is 0 Å². The van der Waals surface area contributed by atoms with Crippen molar-refractivity contribution in [1.29, 1.82) is 0 Å². The summed E-state index contributed by atoms with van der Waals surface area (Å²) >= 11 is 1.37. The Bertz CT molecular complexity index is 1390. The number of nitrogens with zero attached hydrogens (tertiary/aromatic N) is 2. The molecule has 0 radical (unpaired) electrons. The summed E-state index contributed by atoms with van der Waals surface area (Å²) in [5, 5.41) is 1.08. The van der Waals surface area contributed by atoms with E-state index in [1.165, 1.54) is 23.9 Å². The van der Waals surface area contributed by atoms with Crippen LogP contribution < -0.4 is 15.0 Å². The maximum Gasteiger partial charge on any atom is 0.262 e. The normalized spacial score (nSPS) is 12.9. The first-order chi connectivity index (χ1) is 16.1. The van der Waals surface area contributed by atoms with Gasteiger partial charge in [0, 0.05) is 22.4 Å². The molecule has 0 amide bonds. The predicted molar refractivity (Wildman–Crippen MR) is 124 cm³/mol. The van der Waals surface area contributed by atoms with Crippen LogP contribution in [0.25, 0.3) is 10.9 Å². The summed E-state index contributed by atoms with van der Waals surface area (Å²) in [6, 6.07) is 17.7. The molecular weight excluding hydrogens is 443 g/mol. The molecule has 2 heterocycles. The molecule has 1 aliphatic heterocycles. The molecule has 168 valence electrons. The second kappa shape index (κ2) is 9.25. The maximum absolute atomic E-state index is 14.2. The van der Waals surface area contributed by atoms with Crippen LogP contribution in [-0.4, -0.2) is 23.5 Å². The average Bonchev–Trinajstić information content (AvgIpc) is 2.84. The molecule has 0 saturated carbocycles. The fraction of sp³-hybridized carbons (Fsp3) is 0.200. The average molecular weight is 465 g/mol. The first-order valence-corrected chi connectivity index (χ1v) is 11.4. The summed E-state index contributed by atoms with van der Waals surface area (Å²) in [5.41, 5.74) is 2.72. The third-order valence-corrected chi connectivity index (χ3v) is 6.48. The smallest absolute Gasteiger partial charge is 0.262 e. The fourth-order valence-corrected chi connectivity index (χ4v) is 4.87. The number of hydrogen-bond acceptors (Lipinski definition) is 6. The minimum absolute atomic E-state index is 0.128. The third-order valence-electron chi connectivity index (χ3n) is 5.46. The fourth-order valence-electron chi connectivity index (χ4n) is 3.91. The topological polar surface area (TPSA) is 62.6 Å². The summed E-state index contributed by atoms with van der Waals surface area (Å²) in [7, 11) is 1.60. The maximum atomic E-state index is 14.2. The van der Waals surface area contributed by atoms with Crippen LogP contribution in [0.1, 0.15) is 16.7 Å². The Labute approximate surface area is 193 Å². The van der Waals surface area contributed by atoms with Gasteiger partial charge in [0.1, 0.15) is 17.3 Å². The highest BCUT2D eigenvalue weighted by molar-refractivity contribution is 7.98. The van der Waals surface area contributed by atoms with Crippen molar-refractivity contribution in [2.45, 2.75) is 24.1 Å². The molecule has 0 spiro atoms. The Morgan fingerprint density at radius 1 is 1.12 bits per heavy atom. The van der Waals surface area contributed by atoms with Crippen LogP contribution in [0, 0.1) is 5.82 Å². The van der Waals surface area contributed by atoms with Gasteiger partial charge in [-0.1, -0.05) is 42.1 Å². The van der Waals surface area contributed by atoms with Gasteiger partial charge in [0.05, 0.1) is 31.2 Å². The monoisotopic (exact) mass is 464 g/mol. The molecule has 0 unspecified atom stereocenters. The first kappa shape index (κ1) is 21.5. The van der Waals surface area contributed by atoms with Gasteiger partial charge in [0.15, 0.2) is 11.9 Å². The minimum Gasteiger partial charge on any atom is -0.496 e. The lowest BCUT2D eigenvalue weighted by molar-refractivity contribution is -0.0171. The SMILES string of the molecule is COc1ccccc1Cn1c(SCc2cc(F)cc3c2OCOC3)nc2ccccc2c1=O. The van der Waals surface area contributed by atoms with Crippen molar-refractivity contribution in [1.82, 2.24) is 9.55 Å². The zero-order chi connectivity index (χ0) is 22.8. The van der Waals surface area contributed by atoms with Crippen LogP contribution in [0.5, 0.6) is 11.5 Å². The van der Waals surface area contributed by atoms with E-state index in [1.807, 2.05) is 42.5 Å². The van der Waals surface area contributed by atoms with Crippen molar-refractivity contribution in [3.8, 4) is 11.5 Å². The van der Waals surface area contributed by atoms with Crippen LogP contribution in [0.4, 0.5) is 4.39 Å². The number of methoxy groups -OCH3 is 1. The standard InChI is InChI=1S/C25H21FN2O4S/c1-30-22-9-5-2-6-16(22)12-28-24(29)20-7-3-4-8-21(20)27-25(28)33-14-18-11-19(26)10-17-13-31-15-32-23(17)18/h2-11H,12-15H2,1H3. The van der Waals surface area contributed by atoms with Crippen molar-refractivity contribution in [3.63, 3.8) is 0 Å². The number of benzene rings is 3. The quantitative estimate of drug-likeness (QED) is 0.303. The second-order valence-corrected chi connectivity index (χ2v) is 8.51. The number of thioether (sulfide) groups is 1. The summed E-state index contributed by atoms with van der Waals surface area (Å²) in [6.07, 6.45) is 0. The molecule has 6 nitrogen and oxygen atoms in total. The Morgan fingerprint density at radius 3 is 2.82 bits per heavy atom. The molecule has 0 fully saturated rings. The molecule has 1 aromatic heterocycles. The molecule has 8 heteroatoms. The lowest BCUT2D eigenvalue weighted by Crippen LogP contribution is -2.24. The molecule has 0 atom stereocenters. The van der Waals surface area contributed by atoms with Gasteiger partial charge in [-0.05, 0) is 30.3 Å². The van der Waals surface area contributed by atoms with E-state index in [-0.39, 0.29) is 18.2 Å². The number of para-hydroxylation sites is 2. The van der Waals surface area contributed by atoms with Crippen molar-refractivity contribution < 1.29 is 18.6 Å². The number of rotatable bonds is 6. The van der Waals surface area contributed by atoms with E-state index < -0.39 is 0 Å². The van der Waals surface area contributed by atoms with E-state index in [1.54, 1.807) is 17.7 Å². The summed E-state index contributed by atoms with van der Waals surface area (Å²) in [4.78, 5) is 18.2. The van der Waals surface area contributed by atoms with Gasteiger partial charge >= 0.3 is 0 Å². The van der Waals surface area contributed by atoms with Crippen LogP contribution in [0.2, 0.25) is 0 Å². The van der Waals surface area contributed by atoms with Gasteiger partial charge in [0.2, 0.25) is 0 Å². The minimum atomic E-state index is -0.351. The van der Waals surface area contributed by atoms with Crippen LogP contribution in [-0.2, 0) is 23.6 Å². The Hall–Kier alpha value is -3.36. The molecule has 0 bridgehead atoms. The molecule has 1 aliphatic rings. The summed E-state index contributed by atoms with van der Waals surface area (Å²) in [5.74, 6) is 1.36. The van der Waals surface area contributed by atoms with E-state index in [0.29, 0.717) is 57.6 Å². The number of halogens is 1. The van der Waals surface area contributed by atoms with Crippen molar-refractivity contribution >= 4 is 22.7 Å². The van der Waals surface area contributed by atoms with E-state index in [4.69, 9.17) is 19.2 Å². The molecule has 5 rings (SSSR count). The number of fused-ring (bicyclic) bond motifs is 2. The molecule has 33 heavy (non-hydrogen) atoms.